The van der Waals surface area contributed by atoms with Crippen LogP contribution in [0.5, 0.6) is 0 Å². The van der Waals surface area contributed by atoms with Gasteiger partial charge in [-0.3, -0.25) is 4.98 Å². The lowest BCUT2D eigenvalue weighted by Crippen LogP contribution is -2.50. The van der Waals surface area contributed by atoms with Crippen LogP contribution in [0.25, 0.3) is 0 Å². The molecule has 1 saturated heterocycles. The number of amides is 1. The van der Waals surface area contributed by atoms with Gasteiger partial charge in [0, 0.05) is 23.9 Å². The Hall–Kier alpha value is -1.92. The molecule has 1 aliphatic rings. The predicted octanol–water partition coefficient (Wildman–Crippen LogP) is 3.78. The predicted molar refractivity (Wildman–Crippen MR) is 93.4 cm³/mol. The highest BCUT2D eigenvalue weighted by molar-refractivity contribution is 9.10. The second kappa shape index (κ2) is 7.77. The molecule has 0 atom stereocenters. The number of rotatable bonds is 4. The first-order chi connectivity index (χ1) is 11.7. The zero-order valence-corrected chi connectivity index (χ0v) is 14.8. The van der Waals surface area contributed by atoms with Crippen LogP contribution in [0.3, 0.4) is 0 Å². The van der Waals surface area contributed by atoms with Crippen molar-refractivity contribution in [1.82, 2.24) is 10.3 Å². The van der Waals surface area contributed by atoms with E-state index in [1.54, 1.807) is 6.20 Å². The number of ether oxygens (including phenoxy) is 2. The molecule has 0 unspecified atom stereocenters. The Labute approximate surface area is 149 Å². The van der Waals surface area contributed by atoms with Crippen molar-refractivity contribution in [2.24, 2.45) is 0 Å². The fraction of sp³-hybridized carbons (Fsp3) is 0.333. The number of hydrogen-bond donors (Lipinski definition) is 1. The molecule has 2 aromatic rings. The van der Waals surface area contributed by atoms with Crippen LogP contribution in [0.4, 0.5) is 4.79 Å². The molecule has 24 heavy (non-hydrogen) atoms. The molecule has 0 bridgehead atoms. The van der Waals surface area contributed by atoms with Gasteiger partial charge in [0.15, 0.2) is 0 Å². The number of aromatic nitrogens is 1. The lowest BCUT2D eigenvalue weighted by atomic mass is 9.86. The number of alkyl carbamates (subject to hydrolysis) is 1. The smallest absolute Gasteiger partial charge is 0.408 e. The highest BCUT2D eigenvalue weighted by Crippen LogP contribution is 2.31. The summed E-state index contributed by atoms with van der Waals surface area (Å²) < 4.78 is 11.7. The van der Waals surface area contributed by atoms with Crippen molar-refractivity contribution in [3.63, 3.8) is 0 Å². The maximum atomic E-state index is 12.3. The molecular formula is C18H19BrN2O3. The average Bonchev–Trinajstić information content (AvgIpc) is 2.62. The number of pyridine rings is 1. The summed E-state index contributed by atoms with van der Waals surface area (Å²) in [5.74, 6) is 0. The maximum Gasteiger partial charge on any atom is 0.408 e. The van der Waals surface area contributed by atoms with E-state index in [-0.39, 0.29) is 6.61 Å². The van der Waals surface area contributed by atoms with E-state index >= 15 is 0 Å². The first-order valence-corrected chi connectivity index (χ1v) is 8.66. The number of hydrogen-bond acceptors (Lipinski definition) is 4. The van der Waals surface area contributed by atoms with E-state index in [1.807, 2.05) is 42.5 Å². The monoisotopic (exact) mass is 390 g/mol. The fourth-order valence-corrected chi connectivity index (χ4v) is 3.01. The first kappa shape index (κ1) is 16.9. The molecular weight excluding hydrogens is 372 g/mol. The summed E-state index contributed by atoms with van der Waals surface area (Å²) in [6, 6.07) is 13.5. The Balaban J connectivity index is 1.70. The van der Waals surface area contributed by atoms with E-state index in [4.69, 9.17) is 9.47 Å². The Morgan fingerprint density at radius 3 is 2.62 bits per heavy atom. The Morgan fingerprint density at radius 2 is 1.96 bits per heavy atom. The first-order valence-electron chi connectivity index (χ1n) is 7.87. The summed E-state index contributed by atoms with van der Waals surface area (Å²) in [7, 11) is 0. The van der Waals surface area contributed by atoms with Crippen LogP contribution in [-0.2, 0) is 21.6 Å². The number of nitrogens with zero attached hydrogens (tertiary/aromatic N) is 1. The highest BCUT2D eigenvalue weighted by atomic mass is 79.9. The third kappa shape index (κ3) is 4.13. The van der Waals surface area contributed by atoms with Crippen LogP contribution in [0.2, 0.25) is 0 Å². The molecule has 2 heterocycles. The number of carbonyl (C=O) groups is 1. The van der Waals surface area contributed by atoms with Crippen molar-refractivity contribution in [2.75, 3.05) is 13.2 Å². The van der Waals surface area contributed by atoms with Crippen LogP contribution in [0, 0.1) is 0 Å². The third-order valence-electron chi connectivity index (χ3n) is 4.12. The summed E-state index contributed by atoms with van der Waals surface area (Å²) in [6.45, 7) is 1.40. The van der Waals surface area contributed by atoms with Gasteiger partial charge in [-0.15, -0.1) is 0 Å². The zero-order chi connectivity index (χ0) is 16.8. The van der Waals surface area contributed by atoms with Gasteiger partial charge in [-0.05, 0) is 46.5 Å². The van der Waals surface area contributed by atoms with E-state index in [0.717, 1.165) is 15.7 Å². The van der Waals surface area contributed by atoms with Gasteiger partial charge in [0.25, 0.3) is 0 Å². The van der Waals surface area contributed by atoms with Crippen LogP contribution in [0.15, 0.2) is 53.1 Å². The van der Waals surface area contributed by atoms with Crippen molar-refractivity contribution >= 4 is 22.0 Å². The van der Waals surface area contributed by atoms with Gasteiger partial charge in [0.1, 0.15) is 6.61 Å². The Bertz CT molecular complexity index is 670. The number of benzene rings is 1. The molecule has 0 spiro atoms. The van der Waals surface area contributed by atoms with Gasteiger partial charge in [-0.1, -0.05) is 30.3 Å². The average molecular weight is 391 g/mol. The second-order valence-electron chi connectivity index (χ2n) is 5.74. The van der Waals surface area contributed by atoms with Gasteiger partial charge in [-0.2, -0.15) is 0 Å². The quantitative estimate of drug-likeness (QED) is 0.862. The lowest BCUT2D eigenvalue weighted by molar-refractivity contribution is 0.0314. The van der Waals surface area contributed by atoms with Crippen molar-refractivity contribution in [3.8, 4) is 0 Å². The summed E-state index contributed by atoms with van der Waals surface area (Å²) in [5.41, 5.74) is 1.23. The Kier molecular flexibility index (Phi) is 5.48. The van der Waals surface area contributed by atoms with E-state index in [1.165, 1.54) is 0 Å². The van der Waals surface area contributed by atoms with Crippen LogP contribution in [-0.4, -0.2) is 24.3 Å². The van der Waals surface area contributed by atoms with E-state index in [9.17, 15) is 4.79 Å². The van der Waals surface area contributed by atoms with E-state index in [0.29, 0.717) is 26.1 Å². The second-order valence-corrected chi connectivity index (χ2v) is 6.66. The van der Waals surface area contributed by atoms with Crippen molar-refractivity contribution < 1.29 is 14.3 Å². The molecule has 1 aliphatic heterocycles. The van der Waals surface area contributed by atoms with Crippen LogP contribution >= 0.6 is 15.9 Å². The Morgan fingerprint density at radius 1 is 1.21 bits per heavy atom. The molecule has 0 saturated carbocycles. The van der Waals surface area contributed by atoms with Gasteiger partial charge in [0.2, 0.25) is 0 Å². The van der Waals surface area contributed by atoms with Gasteiger partial charge < -0.3 is 14.8 Å². The van der Waals surface area contributed by atoms with Gasteiger partial charge in [-0.25, -0.2) is 4.79 Å². The topological polar surface area (TPSA) is 60.5 Å². The molecule has 0 aliphatic carbocycles. The van der Waals surface area contributed by atoms with Crippen LogP contribution < -0.4 is 5.32 Å². The molecule has 3 rings (SSSR count). The van der Waals surface area contributed by atoms with Crippen molar-refractivity contribution in [2.45, 2.75) is 25.0 Å². The number of nitrogens with one attached hydrogen (secondary N) is 1. The number of halogens is 1. The highest BCUT2D eigenvalue weighted by Gasteiger charge is 2.37. The molecule has 1 aromatic carbocycles. The van der Waals surface area contributed by atoms with E-state index < -0.39 is 11.6 Å². The molecule has 1 amide bonds. The lowest BCUT2D eigenvalue weighted by Gasteiger charge is -2.37. The maximum absolute atomic E-state index is 12.3. The summed E-state index contributed by atoms with van der Waals surface area (Å²) in [6.07, 6.45) is 2.64. The summed E-state index contributed by atoms with van der Waals surface area (Å²) >= 11 is 3.39. The van der Waals surface area contributed by atoms with Crippen LogP contribution in [0.1, 0.15) is 24.1 Å². The SMILES string of the molecule is O=C(NC1(c2ccc(Br)cn2)CCOCC1)OCc1ccccc1. The molecule has 0 radical (unpaired) electrons. The van der Waals surface area contributed by atoms with Gasteiger partial charge >= 0.3 is 6.09 Å². The summed E-state index contributed by atoms with van der Waals surface area (Å²) in [5, 5.41) is 3.02. The fourth-order valence-electron chi connectivity index (χ4n) is 2.78. The summed E-state index contributed by atoms with van der Waals surface area (Å²) in [4.78, 5) is 16.8. The minimum atomic E-state index is -0.549. The van der Waals surface area contributed by atoms with Crippen molar-refractivity contribution in [3.05, 3.63) is 64.4 Å². The molecule has 1 fully saturated rings. The minimum absolute atomic E-state index is 0.243. The molecule has 1 N–H and O–H groups in total. The standard InChI is InChI=1S/C18H19BrN2O3/c19-15-6-7-16(20-12-15)18(8-10-23-11-9-18)21-17(22)24-13-14-4-2-1-3-5-14/h1-7,12H,8-11,13H2,(H,21,22). The minimum Gasteiger partial charge on any atom is -0.445 e. The molecule has 1 aromatic heterocycles. The number of carbonyl (C=O) groups excluding carboxylic acids is 1. The third-order valence-corrected chi connectivity index (χ3v) is 4.59. The molecule has 6 heteroatoms. The van der Waals surface area contributed by atoms with Gasteiger partial charge in [0.05, 0.1) is 11.2 Å². The zero-order valence-electron chi connectivity index (χ0n) is 13.2. The van der Waals surface area contributed by atoms with Crippen molar-refractivity contribution in [1.29, 1.82) is 0 Å². The normalized spacial score (nSPS) is 16.4. The molecule has 5 nitrogen and oxygen atoms in total. The largest absolute Gasteiger partial charge is 0.445 e. The van der Waals surface area contributed by atoms with E-state index in [2.05, 4.69) is 26.2 Å². The molecule has 126 valence electrons.